The Hall–Kier alpha value is -1.06. The Labute approximate surface area is 117 Å². The van der Waals surface area contributed by atoms with Gasteiger partial charge in [0, 0.05) is 12.6 Å². The zero-order chi connectivity index (χ0) is 14.1. The quantitative estimate of drug-likeness (QED) is 0.720. The van der Waals surface area contributed by atoms with Gasteiger partial charge in [0.15, 0.2) is 0 Å². The Morgan fingerprint density at radius 2 is 1.89 bits per heavy atom. The number of rotatable bonds is 9. The predicted octanol–water partition coefficient (Wildman–Crippen LogP) is 3.14. The molecule has 2 atom stereocenters. The molecule has 1 rings (SSSR count). The summed E-state index contributed by atoms with van der Waals surface area (Å²) in [6.07, 6.45) is 1.88. The molecule has 1 aromatic rings. The van der Waals surface area contributed by atoms with Crippen molar-refractivity contribution in [1.82, 2.24) is 5.32 Å². The van der Waals surface area contributed by atoms with E-state index in [1.165, 1.54) is 5.56 Å². The van der Waals surface area contributed by atoms with Crippen LogP contribution in [0.3, 0.4) is 0 Å². The van der Waals surface area contributed by atoms with E-state index < -0.39 is 0 Å². The maximum atomic E-state index is 8.88. The molecule has 0 aromatic heterocycles. The van der Waals surface area contributed by atoms with Crippen molar-refractivity contribution in [1.29, 1.82) is 0 Å². The minimum absolute atomic E-state index is 0.265. The van der Waals surface area contributed by atoms with Gasteiger partial charge in [-0.25, -0.2) is 0 Å². The Morgan fingerprint density at radius 3 is 2.47 bits per heavy atom. The summed E-state index contributed by atoms with van der Waals surface area (Å²) in [5.41, 5.74) is 1.26. The van der Waals surface area contributed by atoms with E-state index in [1.54, 1.807) is 0 Å². The third-order valence-electron chi connectivity index (χ3n) is 3.25. The fraction of sp³-hybridized carbons (Fsp3) is 0.625. The lowest BCUT2D eigenvalue weighted by Crippen LogP contribution is -2.24. The minimum Gasteiger partial charge on any atom is -0.494 e. The summed E-state index contributed by atoms with van der Waals surface area (Å²) in [6, 6.07) is 8.60. The lowest BCUT2D eigenvalue weighted by molar-refractivity contribution is 0.258. The third kappa shape index (κ3) is 6.08. The smallest absolute Gasteiger partial charge is 0.119 e. The monoisotopic (exact) mass is 265 g/mol. The first kappa shape index (κ1) is 16.0. The number of hydrogen-bond donors (Lipinski definition) is 2. The van der Waals surface area contributed by atoms with E-state index in [-0.39, 0.29) is 6.61 Å². The van der Waals surface area contributed by atoms with Crippen LogP contribution in [0.1, 0.15) is 45.2 Å². The largest absolute Gasteiger partial charge is 0.494 e. The average molecular weight is 265 g/mol. The first-order valence-electron chi connectivity index (χ1n) is 7.24. The Balaban J connectivity index is 2.41. The van der Waals surface area contributed by atoms with Gasteiger partial charge in [-0.2, -0.15) is 0 Å². The lowest BCUT2D eigenvalue weighted by atomic mass is 10.1. The summed E-state index contributed by atoms with van der Waals surface area (Å²) < 4.78 is 5.57. The van der Waals surface area contributed by atoms with Crippen LogP contribution in [0.4, 0.5) is 0 Å². The molecule has 0 heterocycles. The van der Waals surface area contributed by atoms with Crippen LogP contribution in [0, 0.1) is 5.92 Å². The van der Waals surface area contributed by atoms with E-state index >= 15 is 0 Å². The molecular weight excluding hydrogens is 238 g/mol. The Bertz CT molecular complexity index is 337. The molecular formula is C16H27NO2. The van der Waals surface area contributed by atoms with Crippen LogP contribution in [0.2, 0.25) is 0 Å². The van der Waals surface area contributed by atoms with Gasteiger partial charge in [-0.1, -0.05) is 26.0 Å². The van der Waals surface area contributed by atoms with Crippen LogP contribution in [-0.4, -0.2) is 24.9 Å². The molecule has 0 aliphatic heterocycles. The van der Waals surface area contributed by atoms with E-state index in [4.69, 9.17) is 9.84 Å². The Kier molecular flexibility index (Phi) is 7.53. The highest BCUT2D eigenvalue weighted by molar-refractivity contribution is 5.28. The highest BCUT2D eigenvalue weighted by atomic mass is 16.5. The van der Waals surface area contributed by atoms with Crippen molar-refractivity contribution in [2.45, 2.75) is 39.7 Å². The predicted molar refractivity (Wildman–Crippen MR) is 79.5 cm³/mol. The summed E-state index contributed by atoms with van der Waals surface area (Å²) in [5, 5.41) is 12.4. The van der Waals surface area contributed by atoms with Crippen molar-refractivity contribution in [3.8, 4) is 5.75 Å². The lowest BCUT2D eigenvalue weighted by Gasteiger charge is -2.18. The van der Waals surface area contributed by atoms with Crippen molar-refractivity contribution in [3.63, 3.8) is 0 Å². The van der Waals surface area contributed by atoms with Crippen molar-refractivity contribution in [3.05, 3.63) is 29.8 Å². The normalized spacial score (nSPS) is 14.1. The van der Waals surface area contributed by atoms with Gasteiger partial charge in [0.05, 0.1) is 6.61 Å². The number of nitrogens with one attached hydrogen (secondary N) is 1. The van der Waals surface area contributed by atoms with Gasteiger partial charge < -0.3 is 15.2 Å². The molecule has 0 radical (unpaired) electrons. The highest BCUT2D eigenvalue weighted by Gasteiger charge is 2.07. The van der Waals surface area contributed by atoms with Gasteiger partial charge in [0.25, 0.3) is 0 Å². The number of ether oxygens (including phenoxy) is 1. The van der Waals surface area contributed by atoms with E-state index in [1.807, 2.05) is 12.1 Å². The fourth-order valence-corrected chi connectivity index (χ4v) is 1.89. The molecule has 0 fully saturated rings. The van der Waals surface area contributed by atoms with Gasteiger partial charge in [0.2, 0.25) is 0 Å². The molecule has 0 aliphatic carbocycles. The molecule has 3 nitrogen and oxygen atoms in total. The zero-order valence-corrected chi connectivity index (χ0v) is 12.4. The molecule has 0 amide bonds. The molecule has 0 saturated carbocycles. The van der Waals surface area contributed by atoms with Gasteiger partial charge in [-0.3, -0.25) is 0 Å². The molecule has 0 spiro atoms. The maximum Gasteiger partial charge on any atom is 0.119 e. The molecule has 0 aliphatic rings. The van der Waals surface area contributed by atoms with Crippen LogP contribution < -0.4 is 10.1 Å². The topological polar surface area (TPSA) is 41.5 Å². The molecule has 2 unspecified atom stereocenters. The SMILES string of the molecule is CCCOc1ccc(C(C)NCC(C)CCO)cc1. The van der Waals surface area contributed by atoms with Crippen molar-refractivity contribution in [2.75, 3.05) is 19.8 Å². The fourth-order valence-electron chi connectivity index (χ4n) is 1.89. The van der Waals surface area contributed by atoms with Gasteiger partial charge in [-0.05, 0) is 49.9 Å². The molecule has 3 heteroatoms. The van der Waals surface area contributed by atoms with Crippen LogP contribution in [0.5, 0.6) is 5.75 Å². The van der Waals surface area contributed by atoms with Gasteiger partial charge >= 0.3 is 0 Å². The molecule has 1 aromatic carbocycles. The number of benzene rings is 1. The van der Waals surface area contributed by atoms with Crippen LogP contribution in [-0.2, 0) is 0 Å². The maximum absolute atomic E-state index is 8.88. The standard InChI is InChI=1S/C16H27NO2/c1-4-11-19-16-7-5-15(6-8-16)14(3)17-12-13(2)9-10-18/h5-8,13-14,17-18H,4,9-12H2,1-3H3. The summed E-state index contributed by atoms with van der Waals surface area (Å²) in [7, 11) is 0. The molecule has 0 bridgehead atoms. The van der Waals surface area contributed by atoms with Gasteiger partial charge in [-0.15, -0.1) is 0 Å². The first-order valence-corrected chi connectivity index (χ1v) is 7.24. The van der Waals surface area contributed by atoms with Crippen LogP contribution >= 0.6 is 0 Å². The highest BCUT2D eigenvalue weighted by Crippen LogP contribution is 2.18. The van der Waals surface area contributed by atoms with Crippen LogP contribution in [0.15, 0.2) is 24.3 Å². The second-order valence-electron chi connectivity index (χ2n) is 5.16. The minimum atomic E-state index is 0.265. The second-order valence-corrected chi connectivity index (χ2v) is 5.16. The summed E-state index contributed by atoms with van der Waals surface area (Å²) in [5.74, 6) is 1.44. The van der Waals surface area contributed by atoms with Crippen LogP contribution in [0.25, 0.3) is 0 Å². The summed E-state index contributed by atoms with van der Waals surface area (Å²) in [6.45, 7) is 8.38. The molecule has 19 heavy (non-hydrogen) atoms. The molecule has 0 saturated heterocycles. The first-order chi connectivity index (χ1) is 9.17. The number of aliphatic hydroxyl groups excluding tert-OH is 1. The molecule has 108 valence electrons. The van der Waals surface area contributed by atoms with E-state index in [0.29, 0.717) is 12.0 Å². The van der Waals surface area contributed by atoms with E-state index in [9.17, 15) is 0 Å². The van der Waals surface area contributed by atoms with Gasteiger partial charge in [0.1, 0.15) is 5.75 Å². The summed E-state index contributed by atoms with van der Waals surface area (Å²) in [4.78, 5) is 0. The van der Waals surface area contributed by atoms with Crippen molar-refractivity contribution >= 4 is 0 Å². The van der Waals surface area contributed by atoms with Crippen molar-refractivity contribution in [2.24, 2.45) is 5.92 Å². The molecule has 2 N–H and O–H groups in total. The number of hydrogen-bond acceptors (Lipinski definition) is 3. The Morgan fingerprint density at radius 1 is 1.21 bits per heavy atom. The van der Waals surface area contributed by atoms with E-state index in [2.05, 4.69) is 38.2 Å². The summed E-state index contributed by atoms with van der Waals surface area (Å²) >= 11 is 0. The van der Waals surface area contributed by atoms with E-state index in [0.717, 1.165) is 31.7 Å². The van der Waals surface area contributed by atoms with Crippen molar-refractivity contribution < 1.29 is 9.84 Å². The average Bonchev–Trinajstić information content (AvgIpc) is 2.43. The second kappa shape index (κ2) is 8.94. The zero-order valence-electron chi connectivity index (χ0n) is 12.4. The third-order valence-corrected chi connectivity index (χ3v) is 3.25. The number of aliphatic hydroxyl groups is 1.